The first-order valence-electron chi connectivity index (χ1n) is 9.92. The zero-order valence-electron chi connectivity index (χ0n) is 17.8. The monoisotopic (exact) mass is 570 g/mol. The zero-order valence-corrected chi connectivity index (χ0v) is 20.8. The van der Waals surface area contributed by atoms with Gasteiger partial charge in [-0.05, 0) is 61.9 Å². The van der Waals surface area contributed by atoms with Crippen molar-refractivity contribution in [1.82, 2.24) is 24.8 Å². The average molecular weight is 570 g/mol. The van der Waals surface area contributed by atoms with Crippen molar-refractivity contribution in [2.24, 2.45) is 0 Å². The van der Waals surface area contributed by atoms with Crippen molar-refractivity contribution in [3.63, 3.8) is 0 Å². The fourth-order valence-electron chi connectivity index (χ4n) is 3.03. The number of hydrogen-bond donors (Lipinski definition) is 2. The van der Waals surface area contributed by atoms with Gasteiger partial charge in [-0.1, -0.05) is 11.8 Å². The molecular weight excluding hydrogens is 547 g/mol. The van der Waals surface area contributed by atoms with Gasteiger partial charge in [-0.3, -0.25) is 0 Å². The highest BCUT2D eigenvalue weighted by Gasteiger charge is 2.21. The number of benzene rings is 1. The third-order valence-electron chi connectivity index (χ3n) is 4.38. The van der Waals surface area contributed by atoms with Crippen LogP contribution in [-0.4, -0.2) is 44.6 Å². The molecule has 0 bridgehead atoms. The van der Waals surface area contributed by atoms with Crippen molar-refractivity contribution < 1.29 is 19.0 Å². The molecule has 1 aromatic carbocycles. The van der Waals surface area contributed by atoms with Crippen LogP contribution in [0.1, 0.15) is 27.2 Å². The second kappa shape index (κ2) is 9.17. The molecule has 0 saturated heterocycles. The number of alkyl carbamates (subject to hydrolysis) is 1. The highest BCUT2D eigenvalue weighted by atomic mass is 127. The lowest BCUT2D eigenvalue weighted by Crippen LogP contribution is -2.33. The molecule has 0 spiro atoms. The summed E-state index contributed by atoms with van der Waals surface area (Å²) in [4.78, 5) is 26.0. The Morgan fingerprint density at radius 3 is 2.81 bits per heavy atom. The van der Waals surface area contributed by atoms with Crippen molar-refractivity contribution in [2.45, 2.75) is 49.4 Å². The number of nitrogen functional groups attached to an aromatic ring is 1. The Morgan fingerprint density at radius 1 is 1.31 bits per heavy atom. The highest BCUT2D eigenvalue weighted by Crippen LogP contribution is 2.41. The molecule has 10 nitrogen and oxygen atoms in total. The molecule has 3 N–H and O–H groups in total. The Kier molecular flexibility index (Phi) is 6.51. The van der Waals surface area contributed by atoms with Crippen LogP contribution in [0.5, 0.6) is 11.5 Å². The van der Waals surface area contributed by atoms with E-state index in [9.17, 15) is 4.79 Å². The minimum atomic E-state index is -0.537. The SMILES string of the molecule is CC(C)(C)OC(=O)NCCCn1c(Sc2cc3c(cc2I)OCO3)nc2c(N)ncnc21. The van der Waals surface area contributed by atoms with E-state index in [2.05, 4.69) is 37.9 Å². The lowest BCUT2D eigenvalue weighted by molar-refractivity contribution is 0.0526. The average Bonchev–Trinajstić information content (AvgIpc) is 3.29. The minimum Gasteiger partial charge on any atom is -0.454 e. The van der Waals surface area contributed by atoms with Crippen LogP contribution in [-0.2, 0) is 11.3 Å². The predicted octanol–water partition coefficient (Wildman–Crippen LogP) is 3.81. The molecule has 0 saturated carbocycles. The van der Waals surface area contributed by atoms with E-state index >= 15 is 0 Å². The van der Waals surface area contributed by atoms with Crippen LogP contribution >= 0.6 is 34.4 Å². The lowest BCUT2D eigenvalue weighted by atomic mass is 10.2. The summed E-state index contributed by atoms with van der Waals surface area (Å²) in [7, 11) is 0. The topological polar surface area (TPSA) is 126 Å². The third kappa shape index (κ3) is 5.11. The van der Waals surface area contributed by atoms with Crippen LogP contribution in [0, 0.1) is 3.57 Å². The van der Waals surface area contributed by atoms with E-state index in [-0.39, 0.29) is 6.79 Å². The van der Waals surface area contributed by atoms with Crippen molar-refractivity contribution >= 4 is 57.4 Å². The van der Waals surface area contributed by atoms with Gasteiger partial charge in [-0.25, -0.2) is 19.7 Å². The van der Waals surface area contributed by atoms with E-state index < -0.39 is 11.7 Å². The summed E-state index contributed by atoms with van der Waals surface area (Å²) in [5, 5.41) is 3.50. The fraction of sp³-hybridized carbons (Fsp3) is 0.400. The number of halogens is 1. The summed E-state index contributed by atoms with van der Waals surface area (Å²) in [6.07, 6.45) is 1.64. The first-order valence-corrected chi connectivity index (χ1v) is 11.8. The number of aromatic nitrogens is 4. The molecule has 0 aliphatic carbocycles. The number of hydrogen-bond acceptors (Lipinski definition) is 9. The number of anilines is 1. The Balaban J connectivity index is 1.54. The van der Waals surface area contributed by atoms with E-state index in [4.69, 9.17) is 24.9 Å². The number of amides is 1. The Bertz CT molecular complexity index is 1160. The number of fused-ring (bicyclic) bond motifs is 2. The zero-order chi connectivity index (χ0) is 22.9. The fourth-order valence-corrected chi connectivity index (χ4v) is 4.74. The highest BCUT2D eigenvalue weighted by molar-refractivity contribution is 14.1. The number of ether oxygens (including phenoxy) is 3. The minimum absolute atomic E-state index is 0.217. The molecule has 4 rings (SSSR count). The standard InChI is InChI=1S/C20H23IN6O4S/c1-20(2,3)31-19(28)23-5-4-6-27-17-15(16(22)24-9-25-17)26-18(27)32-14-8-13-12(7-11(14)21)29-10-30-13/h7-9H,4-6,10H2,1-3H3,(H,23,28)(H2,22,24,25). The van der Waals surface area contributed by atoms with Crippen LogP contribution in [0.4, 0.5) is 10.6 Å². The second-order valence-electron chi connectivity index (χ2n) is 8.00. The van der Waals surface area contributed by atoms with Gasteiger partial charge in [0.2, 0.25) is 6.79 Å². The lowest BCUT2D eigenvalue weighted by Gasteiger charge is -2.19. The van der Waals surface area contributed by atoms with Gasteiger partial charge in [-0.2, -0.15) is 0 Å². The van der Waals surface area contributed by atoms with Crippen LogP contribution in [0.2, 0.25) is 0 Å². The third-order valence-corrected chi connectivity index (χ3v) is 6.69. The molecule has 3 aromatic rings. The van der Waals surface area contributed by atoms with Gasteiger partial charge in [0, 0.05) is 21.6 Å². The van der Waals surface area contributed by atoms with Gasteiger partial charge in [-0.15, -0.1) is 0 Å². The maximum Gasteiger partial charge on any atom is 0.407 e. The number of aryl methyl sites for hydroxylation is 1. The van der Waals surface area contributed by atoms with Gasteiger partial charge >= 0.3 is 6.09 Å². The smallest absolute Gasteiger partial charge is 0.407 e. The Morgan fingerprint density at radius 2 is 2.06 bits per heavy atom. The first kappa shape index (κ1) is 22.7. The molecule has 0 fully saturated rings. The normalized spacial score (nSPS) is 12.9. The number of imidazole rings is 1. The molecule has 0 unspecified atom stereocenters. The number of rotatable bonds is 6. The molecule has 0 radical (unpaired) electrons. The summed E-state index contributed by atoms with van der Waals surface area (Å²) in [5.41, 5.74) is 6.70. The van der Waals surface area contributed by atoms with Crippen molar-refractivity contribution in [3.05, 3.63) is 22.0 Å². The van der Waals surface area contributed by atoms with Crippen LogP contribution in [0.15, 0.2) is 28.5 Å². The Labute approximate surface area is 202 Å². The van der Waals surface area contributed by atoms with Gasteiger partial charge in [0.1, 0.15) is 11.9 Å². The molecule has 3 heterocycles. The maximum atomic E-state index is 11.9. The summed E-state index contributed by atoms with van der Waals surface area (Å²) in [5.74, 6) is 1.76. The molecule has 1 aliphatic rings. The number of carbonyl (C=O) groups excluding carboxylic acids is 1. The maximum absolute atomic E-state index is 11.9. The van der Waals surface area contributed by atoms with Crippen molar-refractivity contribution in [1.29, 1.82) is 0 Å². The van der Waals surface area contributed by atoms with E-state index in [1.807, 2.05) is 37.5 Å². The van der Waals surface area contributed by atoms with Crippen molar-refractivity contribution in [2.75, 3.05) is 19.1 Å². The number of nitrogens with two attached hydrogens (primary N) is 1. The van der Waals surface area contributed by atoms with Crippen LogP contribution in [0.3, 0.4) is 0 Å². The van der Waals surface area contributed by atoms with E-state index in [1.165, 1.54) is 18.1 Å². The molecule has 0 atom stereocenters. The molecule has 12 heteroatoms. The quantitative estimate of drug-likeness (QED) is 0.336. The molecule has 170 valence electrons. The number of nitrogens with one attached hydrogen (secondary N) is 1. The van der Waals surface area contributed by atoms with Gasteiger partial charge in [0.25, 0.3) is 0 Å². The van der Waals surface area contributed by atoms with Gasteiger partial charge < -0.3 is 29.8 Å². The summed E-state index contributed by atoms with van der Waals surface area (Å²) in [6.45, 7) is 6.72. The predicted molar refractivity (Wildman–Crippen MR) is 128 cm³/mol. The van der Waals surface area contributed by atoms with Gasteiger partial charge in [0.15, 0.2) is 33.6 Å². The second-order valence-corrected chi connectivity index (χ2v) is 10.2. The molecule has 1 amide bonds. The number of carbonyl (C=O) groups is 1. The number of nitrogens with zero attached hydrogens (tertiary/aromatic N) is 4. The summed E-state index contributed by atoms with van der Waals surface area (Å²) in [6, 6.07) is 3.88. The summed E-state index contributed by atoms with van der Waals surface area (Å²) < 4.78 is 19.2. The van der Waals surface area contributed by atoms with Crippen molar-refractivity contribution in [3.8, 4) is 11.5 Å². The molecule has 32 heavy (non-hydrogen) atoms. The van der Waals surface area contributed by atoms with Crippen LogP contribution in [0.25, 0.3) is 11.2 Å². The largest absolute Gasteiger partial charge is 0.454 e. The van der Waals surface area contributed by atoms with Crippen LogP contribution < -0.4 is 20.5 Å². The summed E-state index contributed by atoms with van der Waals surface area (Å²) >= 11 is 3.75. The first-order chi connectivity index (χ1) is 15.2. The van der Waals surface area contributed by atoms with E-state index in [0.717, 1.165) is 19.4 Å². The Hall–Kier alpha value is -2.48. The molecule has 2 aromatic heterocycles. The van der Waals surface area contributed by atoms with E-state index in [1.54, 1.807) is 0 Å². The van der Waals surface area contributed by atoms with E-state index in [0.29, 0.717) is 42.2 Å². The molecular formula is C20H23IN6O4S. The molecule has 1 aliphatic heterocycles. The van der Waals surface area contributed by atoms with Gasteiger partial charge in [0.05, 0.1) is 0 Å².